The van der Waals surface area contributed by atoms with E-state index in [4.69, 9.17) is 5.73 Å². The average molecular weight is 288 g/mol. The van der Waals surface area contributed by atoms with Gasteiger partial charge in [-0.2, -0.15) is 0 Å². The van der Waals surface area contributed by atoms with Crippen LogP contribution in [0, 0.1) is 11.7 Å². The lowest BCUT2D eigenvalue weighted by Crippen LogP contribution is -2.20. The van der Waals surface area contributed by atoms with Gasteiger partial charge in [0.2, 0.25) is 0 Å². The van der Waals surface area contributed by atoms with Crippen molar-refractivity contribution < 1.29 is 9.50 Å². The van der Waals surface area contributed by atoms with Crippen LogP contribution in [-0.2, 0) is 0 Å². The third-order valence-electron chi connectivity index (χ3n) is 3.36. The number of benzene rings is 1. The summed E-state index contributed by atoms with van der Waals surface area (Å²) in [6, 6.07) is 2.55. The molecule has 1 atom stereocenters. The van der Waals surface area contributed by atoms with Gasteiger partial charge in [0.1, 0.15) is 0 Å². The minimum absolute atomic E-state index is 0.285. The van der Waals surface area contributed by atoms with E-state index in [0.29, 0.717) is 16.0 Å². The summed E-state index contributed by atoms with van der Waals surface area (Å²) in [7, 11) is 0. The van der Waals surface area contributed by atoms with Gasteiger partial charge < -0.3 is 10.8 Å². The van der Waals surface area contributed by atoms with Crippen LogP contribution in [0.15, 0.2) is 16.6 Å². The molecule has 0 unspecified atom stereocenters. The number of nitrogens with two attached hydrogens (primary N) is 1. The molecule has 0 amide bonds. The van der Waals surface area contributed by atoms with Crippen LogP contribution in [0.5, 0.6) is 5.75 Å². The molecule has 16 heavy (non-hydrogen) atoms. The van der Waals surface area contributed by atoms with E-state index in [1.807, 2.05) is 0 Å². The van der Waals surface area contributed by atoms with E-state index in [1.165, 1.54) is 18.9 Å². The van der Waals surface area contributed by atoms with Crippen LogP contribution < -0.4 is 5.73 Å². The lowest BCUT2D eigenvalue weighted by molar-refractivity contribution is 0.390. The normalized spacial score (nSPS) is 18.9. The Bertz CT molecular complexity index is 391. The maximum Gasteiger partial charge on any atom is 0.165 e. The van der Waals surface area contributed by atoms with Gasteiger partial charge in [-0.25, -0.2) is 4.39 Å². The highest BCUT2D eigenvalue weighted by molar-refractivity contribution is 9.10. The molecule has 0 spiro atoms. The Morgan fingerprint density at radius 2 is 2.00 bits per heavy atom. The predicted molar refractivity (Wildman–Crippen MR) is 64.7 cm³/mol. The van der Waals surface area contributed by atoms with E-state index in [1.54, 1.807) is 6.07 Å². The standard InChI is InChI=1S/C12H15BrFNO/c13-8-5-6-9(14)12(16)10(8)11(15)7-3-1-2-4-7/h5-7,11,16H,1-4,15H2/t11-/m0/s1. The maximum atomic E-state index is 13.3. The average Bonchev–Trinajstić information content (AvgIpc) is 2.77. The minimum atomic E-state index is -0.605. The van der Waals surface area contributed by atoms with E-state index in [2.05, 4.69) is 15.9 Å². The van der Waals surface area contributed by atoms with Gasteiger partial charge in [0, 0.05) is 16.1 Å². The monoisotopic (exact) mass is 287 g/mol. The molecule has 0 saturated heterocycles. The minimum Gasteiger partial charge on any atom is -0.505 e. The van der Waals surface area contributed by atoms with Crippen molar-refractivity contribution in [3.63, 3.8) is 0 Å². The topological polar surface area (TPSA) is 46.2 Å². The van der Waals surface area contributed by atoms with Gasteiger partial charge in [0.05, 0.1) is 0 Å². The van der Waals surface area contributed by atoms with E-state index < -0.39 is 5.82 Å². The fraction of sp³-hybridized carbons (Fsp3) is 0.500. The summed E-state index contributed by atoms with van der Waals surface area (Å²) in [6.45, 7) is 0. The first-order valence-electron chi connectivity index (χ1n) is 5.53. The highest BCUT2D eigenvalue weighted by atomic mass is 79.9. The molecule has 2 rings (SSSR count). The number of hydrogen-bond acceptors (Lipinski definition) is 2. The zero-order valence-electron chi connectivity index (χ0n) is 8.92. The SMILES string of the molecule is N[C@H](c1c(Br)ccc(F)c1O)C1CCCC1. The Hall–Kier alpha value is -0.610. The van der Waals surface area contributed by atoms with E-state index >= 15 is 0 Å². The molecule has 1 aromatic carbocycles. The van der Waals surface area contributed by atoms with Gasteiger partial charge in [0.25, 0.3) is 0 Å². The van der Waals surface area contributed by atoms with Gasteiger partial charge >= 0.3 is 0 Å². The van der Waals surface area contributed by atoms with Crippen LogP contribution in [-0.4, -0.2) is 5.11 Å². The molecule has 1 aliphatic rings. The highest BCUT2D eigenvalue weighted by Crippen LogP contribution is 2.41. The molecule has 0 radical (unpaired) electrons. The van der Waals surface area contributed by atoms with Gasteiger partial charge in [-0.05, 0) is 30.9 Å². The second-order valence-corrected chi connectivity index (χ2v) is 5.22. The third-order valence-corrected chi connectivity index (χ3v) is 4.05. The first kappa shape index (κ1) is 11.9. The lowest BCUT2D eigenvalue weighted by atomic mass is 9.92. The lowest BCUT2D eigenvalue weighted by Gasteiger charge is -2.21. The van der Waals surface area contributed by atoms with E-state index in [9.17, 15) is 9.50 Å². The molecular formula is C12H15BrFNO. The second kappa shape index (κ2) is 4.72. The van der Waals surface area contributed by atoms with Crippen LogP contribution in [0.25, 0.3) is 0 Å². The molecule has 4 heteroatoms. The molecule has 2 nitrogen and oxygen atoms in total. The molecule has 1 aromatic rings. The molecule has 0 bridgehead atoms. The molecule has 0 aromatic heterocycles. The summed E-state index contributed by atoms with van der Waals surface area (Å²) in [5, 5.41) is 9.72. The van der Waals surface area contributed by atoms with Crippen molar-refractivity contribution >= 4 is 15.9 Å². The van der Waals surface area contributed by atoms with Crippen LogP contribution in [0.4, 0.5) is 4.39 Å². The summed E-state index contributed by atoms with van der Waals surface area (Å²) in [5.74, 6) is -0.565. The molecule has 0 aliphatic heterocycles. The molecule has 0 heterocycles. The van der Waals surface area contributed by atoms with Gasteiger partial charge in [0.15, 0.2) is 11.6 Å². The zero-order valence-corrected chi connectivity index (χ0v) is 10.5. The maximum absolute atomic E-state index is 13.3. The van der Waals surface area contributed by atoms with E-state index in [0.717, 1.165) is 12.8 Å². The fourth-order valence-electron chi connectivity index (χ4n) is 2.43. The largest absolute Gasteiger partial charge is 0.505 e. The third kappa shape index (κ3) is 2.09. The Kier molecular flexibility index (Phi) is 3.50. The fourth-order valence-corrected chi connectivity index (χ4v) is 3.01. The van der Waals surface area contributed by atoms with Crippen molar-refractivity contribution in [1.82, 2.24) is 0 Å². The van der Waals surface area contributed by atoms with Crippen LogP contribution in [0.1, 0.15) is 37.3 Å². The van der Waals surface area contributed by atoms with Crippen molar-refractivity contribution in [2.75, 3.05) is 0 Å². The number of hydrogen-bond donors (Lipinski definition) is 2. The summed E-state index contributed by atoms with van der Waals surface area (Å²) in [6.07, 6.45) is 4.46. The van der Waals surface area contributed by atoms with Crippen molar-refractivity contribution in [2.45, 2.75) is 31.7 Å². The molecule has 1 aliphatic carbocycles. The summed E-state index contributed by atoms with van der Waals surface area (Å²) < 4.78 is 14.0. The summed E-state index contributed by atoms with van der Waals surface area (Å²) >= 11 is 3.32. The molecule has 1 fully saturated rings. The zero-order chi connectivity index (χ0) is 11.7. The highest BCUT2D eigenvalue weighted by Gasteiger charge is 2.27. The Labute approximate surface area is 103 Å². The first-order valence-corrected chi connectivity index (χ1v) is 6.33. The summed E-state index contributed by atoms with van der Waals surface area (Å²) in [4.78, 5) is 0. The molecule has 3 N–H and O–H groups in total. The number of rotatable bonds is 2. The second-order valence-electron chi connectivity index (χ2n) is 4.36. The van der Waals surface area contributed by atoms with Gasteiger partial charge in [-0.3, -0.25) is 0 Å². The number of phenols is 1. The molecular weight excluding hydrogens is 273 g/mol. The van der Waals surface area contributed by atoms with Gasteiger partial charge in [-0.15, -0.1) is 0 Å². The van der Waals surface area contributed by atoms with Crippen molar-refractivity contribution in [2.24, 2.45) is 11.7 Å². The van der Waals surface area contributed by atoms with Crippen molar-refractivity contribution in [3.05, 3.63) is 28.0 Å². The Morgan fingerprint density at radius 1 is 1.38 bits per heavy atom. The van der Waals surface area contributed by atoms with Gasteiger partial charge in [-0.1, -0.05) is 28.8 Å². The van der Waals surface area contributed by atoms with Crippen LogP contribution in [0.3, 0.4) is 0 Å². The van der Waals surface area contributed by atoms with E-state index in [-0.39, 0.29) is 11.8 Å². The molecule has 88 valence electrons. The number of aromatic hydroxyl groups is 1. The van der Waals surface area contributed by atoms with Crippen molar-refractivity contribution in [1.29, 1.82) is 0 Å². The Morgan fingerprint density at radius 3 is 2.62 bits per heavy atom. The summed E-state index contributed by atoms with van der Waals surface area (Å²) in [5.41, 5.74) is 6.62. The van der Waals surface area contributed by atoms with Crippen LogP contribution >= 0.6 is 15.9 Å². The number of phenolic OH excluding ortho intramolecular Hbond substituents is 1. The molecule has 1 saturated carbocycles. The quantitative estimate of drug-likeness (QED) is 0.875. The predicted octanol–water partition coefficient (Wildman–Crippen LogP) is 3.48. The number of halogens is 2. The van der Waals surface area contributed by atoms with Crippen LogP contribution in [0.2, 0.25) is 0 Å². The first-order chi connectivity index (χ1) is 7.61. The van der Waals surface area contributed by atoms with Crippen molar-refractivity contribution in [3.8, 4) is 5.75 Å². The smallest absolute Gasteiger partial charge is 0.165 e. The Balaban J connectivity index is 2.34.